The molecular weight excluding hydrogens is 216 g/mol. The second-order valence-corrected chi connectivity index (χ2v) is 3.73. The van der Waals surface area contributed by atoms with Crippen LogP contribution < -0.4 is 5.73 Å². The van der Waals surface area contributed by atoms with E-state index < -0.39 is 29.9 Å². The summed E-state index contributed by atoms with van der Waals surface area (Å²) in [5, 5.41) is 17.4. The number of nitrogens with two attached hydrogens (primary N) is 1. The van der Waals surface area contributed by atoms with E-state index in [0.29, 0.717) is 19.4 Å². The molecule has 0 radical (unpaired) electrons. The topological polar surface area (TPSA) is 121 Å². The Balaban J connectivity index is 2.60. The number of nitrogens with zero attached hydrogens (tertiary/aromatic N) is 1. The highest BCUT2D eigenvalue weighted by Crippen LogP contribution is 2.18. The molecule has 0 aromatic carbocycles. The van der Waals surface area contributed by atoms with E-state index >= 15 is 0 Å². The monoisotopic (exact) mass is 230 g/mol. The van der Waals surface area contributed by atoms with Crippen LogP contribution in [0, 0.1) is 0 Å². The van der Waals surface area contributed by atoms with Crippen LogP contribution in [0.5, 0.6) is 0 Å². The molecule has 1 fully saturated rings. The van der Waals surface area contributed by atoms with Crippen LogP contribution in [0.2, 0.25) is 0 Å². The maximum atomic E-state index is 11.6. The zero-order chi connectivity index (χ0) is 12.3. The van der Waals surface area contributed by atoms with Crippen molar-refractivity contribution >= 4 is 17.8 Å². The van der Waals surface area contributed by atoms with Gasteiger partial charge in [0.15, 0.2) is 0 Å². The molecule has 0 bridgehead atoms. The first-order valence-corrected chi connectivity index (χ1v) is 4.94. The van der Waals surface area contributed by atoms with Gasteiger partial charge in [-0.2, -0.15) is 0 Å². The molecule has 2 atom stereocenters. The lowest BCUT2D eigenvalue weighted by atomic mass is 10.2. The molecule has 0 aromatic rings. The fraction of sp³-hybridized carbons (Fsp3) is 0.667. The van der Waals surface area contributed by atoms with Crippen molar-refractivity contribution in [3.63, 3.8) is 0 Å². The van der Waals surface area contributed by atoms with Gasteiger partial charge in [0.2, 0.25) is 5.91 Å². The number of hydrogen-bond acceptors (Lipinski definition) is 4. The van der Waals surface area contributed by atoms with Crippen LogP contribution in [0.4, 0.5) is 0 Å². The number of carbonyl (C=O) groups is 3. The fourth-order valence-electron chi connectivity index (χ4n) is 1.71. The van der Waals surface area contributed by atoms with Crippen molar-refractivity contribution in [2.45, 2.75) is 31.3 Å². The molecule has 16 heavy (non-hydrogen) atoms. The molecule has 0 saturated carbocycles. The first kappa shape index (κ1) is 12.4. The van der Waals surface area contributed by atoms with Crippen molar-refractivity contribution in [2.75, 3.05) is 6.54 Å². The largest absolute Gasteiger partial charge is 0.480 e. The van der Waals surface area contributed by atoms with Gasteiger partial charge in [-0.25, -0.2) is 4.79 Å². The van der Waals surface area contributed by atoms with Crippen LogP contribution in [0.15, 0.2) is 0 Å². The lowest BCUT2D eigenvalue weighted by molar-refractivity contribution is -0.149. The molecule has 1 amide bonds. The molecule has 7 heteroatoms. The zero-order valence-electron chi connectivity index (χ0n) is 8.63. The number of carboxylic acid groups (broad SMARTS) is 2. The Hall–Kier alpha value is -1.63. The smallest absolute Gasteiger partial charge is 0.326 e. The predicted octanol–water partition coefficient (Wildman–Crippen LogP) is -1.14. The van der Waals surface area contributed by atoms with E-state index in [0.717, 1.165) is 0 Å². The van der Waals surface area contributed by atoms with E-state index in [-0.39, 0.29) is 6.42 Å². The summed E-state index contributed by atoms with van der Waals surface area (Å²) in [4.78, 5) is 34.0. The van der Waals surface area contributed by atoms with E-state index in [1.54, 1.807) is 0 Å². The van der Waals surface area contributed by atoms with Gasteiger partial charge >= 0.3 is 11.9 Å². The molecule has 1 heterocycles. The summed E-state index contributed by atoms with van der Waals surface area (Å²) in [5.74, 6) is -2.84. The third-order valence-electron chi connectivity index (χ3n) is 2.57. The number of carboxylic acids is 2. The van der Waals surface area contributed by atoms with Gasteiger partial charge < -0.3 is 20.8 Å². The second-order valence-electron chi connectivity index (χ2n) is 3.73. The third-order valence-corrected chi connectivity index (χ3v) is 2.57. The summed E-state index contributed by atoms with van der Waals surface area (Å²) in [7, 11) is 0. The number of amides is 1. The van der Waals surface area contributed by atoms with Crippen LogP contribution in [-0.4, -0.2) is 51.6 Å². The SMILES string of the molecule is N[C@@H](CC(=O)N1CCC[C@@H]1C(=O)O)C(=O)O. The average Bonchev–Trinajstić information content (AvgIpc) is 2.65. The summed E-state index contributed by atoms with van der Waals surface area (Å²) in [6, 6.07) is -2.11. The van der Waals surface area contributed by atoms with E-state index in [9.17, 15) is 14.4 Å². The Morgan fingerprint density at radius 2 is 2.00 bits per heavy atom. The van der Waals surface area contributed by atoms with Crippen LogP contribution >= 0.6 is 0 Å². The molecule has 1 rings (SSSR count). The summed E-state index contributed by atoms with van der Waals surface area (Å²) in [6.45, 7) is 0.349. The first-order chi connectivity index (χ1) is 7.43. The average molecular weight is 230 g/mol. The predicted molar refractivity (Wildman–Crippen MR) is 52.6 cm³/mol. The Kier molecular flexibility index (Phi) is 3.83. The Morgan fingerprint density at radius 3 is 2.50 bits per heavy atom. The van der Waals surface area contributed by atoms with Gasteiger partial charge in [0.25, 0.3) is 0 Å². The van der Waals surface area contributed by atoms with Gasteiger partial charge in [-0.3, -0.25) is 9.59 Å². The summed E-state index contributed by atoms with van der Waals surface area (Å²) in [6.07, 6.45) is 0.660. The van der Waals surface area contributed by atoms with Crippen molar-refractivity contribution in [1.29, 1.82) is 0 Å². The maximum Gasteiger partial charge on any atom is 0.326 e. The molecule has 1 aliphatic rings. The number of aliphatic carboxylic acids is 2. The van der Waals surface area contributed by atoms with Gasteiger partial charge in [0, 0.05) is 6.54 Å². The van der Waals surface area contributed by atoms with Gasteiger partial charge in [-0.15, -0.1) is 0 Å². The van der Waals surface area contributed by atoms with Crippen LogP contribution in [0.1, 0.15) is 19.3 Å². The van der Waals surface area contributed by atoms with Crippen molar-refractivity contribution in [1.82, 2.24) is 4.90 Å². The minimum Gasteiger partial charge on any atom is -0.480 e. The maximum absolute atomic E-state index is 11.6. The molecule has 0 unspecified atom stereocenters. The number of carbonyl (C=O) groups excluding carboxylic acids is 1. The molecular formula is C9H14N2O5. The van der Waals surface area contributed by atoms with Crippen LogP contribution in [0.3, 0.4) is 0 Å². The van der Waals surface area contributed by atoms with Crippen molar-refractivity contribution < 1.29 is 24.6 Å². The summed E-state index contributed by atoms with van der Waals surface area (Å²) >= 11 is 0. The summed E-state index contributed by atoms with van der Waals surface area (Å²) in [5.41, 5.74) is 5.21. The Bertz CT molecular complexity index is 317. The minimum absolute atomic E-state index is 0.349. The van der Waals surface area contributed by atoms with Gasteiger partial charge in [-0.1, -0.05) is 0 Å². The minimum atomic E-state index is -1.28. The number of hydrogen-bond donors (Lipinski definition) is 3. The number of likely N-dealkylation sites (tertiary alicyclic amines) is 1. The lowest BCUT2D eigenvalue weighted by Crippen LogP contribution is -2.44. The van der Waals surface area contributed by atoms with Gasteiger partial charge in [0.1, 0.15) is 12.1 Å². The van der Waals surface area contributed by atoms with E-state index in [4.69, 9.17) is 15.9 Å². The summed E-state index contributed by atoms with van der Waals surface area (Å²) < 4.78 is 0. The first-order valence-electron chi connectivity index (χ1n) is 4.94. The Labute approximate surface area is 91.8 Å². The molecule has 0 aliphatic carbocycles. The molecule has 1 saturated heterocycles. The van der Waals surface area contributed by atoms with Gasteiger partial charge in [-0.05, 0) is 12.8 Å². The highest BCUT2D eigenvalue weighted by molar-refractivity contribution is 5.88. The van der Waals surface area contributed by atoms with Crippen LogP contribution in [-0.2, 0) is 14.4 Å². The highest BCUT2D eigenvalue weighted by atomic mass is 16.4. The molecule has 0 aromatic heterocycles. The van der Waals surface area contributed by atoms with Gasteiger partial charge in [0.05, 0.1) is 6.42 Å². The third kappa shape index (κ3) is 2.69. The Morgan fingerprint density at radius 1 is 1.38 bits per heavy atom. The highest BCUT2D eigenvalue weighted by Gasteiger charge is 2.34. The fourth-order valence-corrected chi connectivity index (χ4v) is 1.71. The molecule has 4 N–H and O–H groups in total. The molecule has 1 aliphatic heterocycles. The molecule has 7 nitrogen and oxygen atoms in total. The lowest BCUT2D eigenvalue weighted by Gasteiger charge is -2.22. The zero-order valence-corrected chi connectivity index (χ0v) is 8.63. The second kappa shape index (κ2) is 4.93. The standard InChI is InChI=1S/C9H14N2O5/c10-5(8(13)14)4-7(12)11-3-1-2-6(11)9(15)16/h5-6H,1-4,10H2,(H,13,14)(H,15,16)/t5-,6+/m0/s1. The molecule has 90 valence electrons. The van der Waals surface area contributed by atoms with Crippen LogP contribution in [0.25, 0.3) is 0 Å². The quantitative estimate of drug-likeness (QED) is 0.561. The van der Waals surface area contributed by atoms with Crippen molar-refractivity contribution in [2.24, 2.45) is 5.73 Å². The van der Waals surface area contributed by atoms with E-state index in [1.807, 2.05) is 0 Å². The number of rotatable bonds is 4. The van der Waals surface area contributed by atoms with Crippen molar-refractivity contribution in [3.8, 4) is 0 Å². The normalized spacial score (nSPS) is 21.8. The van der Waals surface area contributed by atoms with E-state index in [2.05, 4.69) is 0 Å². The molecule has 0 spiro atoms. The van der Waals surface area contributed by atoms with Crippen molar-refractivity contribution in [3.05, 3.63) is 0 Å². The van der Waals surface area contributed by atoms with E-state index in [1.165, 1.54) is 4.90 Å².